The maximum atomic E-state index is 13.0. The van der Waals surface area contributed by atoms with Crippen LogP contribution in [0.1, 0.15) is 18.4 Å². The van der Waals surface area contributed by atoms with E-state index in [1.165, 1.54) is 11.4 Å². The standard InChI is InChI=1S/C21H25N3O5S/c1-15-8-10-18(11-9-15)30(27,28)24-12-4-7-19(24)21(26)23-16-5-3-6-17(13-16)29-14-20(25)22-2/h3,5-6,8-11,13,19H,4,7,12,14H2,1-2H3,(H,22,25)(H,23,26)/t19-/m0/s1. The van der Waals surface area contributed by atoms with Gasteiger partial charge in [-0.1, -0.05) is 23.8 Å². The lowest BCUT2D eigenvalue weighted by molar-refractivity contribution is -0.122. The summed E-state index contributed by atoms with van der Waals surface area (Å²) in [6.45, 7) is 2.04. The van der Waals surface area contributed by atoms with Crippen LogP contribution in [-0.4, -0.2) is 50.8 Å². The van der Waals surface area contributed by atoms with E-state index in [1.54, 1.807) is 48.5 Å². The molecule has 1 fully saturated rings. The minimum Gasteiger partial charge on any atom is -0.484 e. The van der Waals surface area contributed by atoms with Gasteiger partial charge in [0.05, 0.1) is 4.90 Å². The number of nitrogens with one attached hydrogen (secondary N) is 2. The van der Waals surface area contributed by atoms with Crippen molar-refractivity contribution in [2.45, 2.75) is 30.7 Å². The second-order valence-electron chi connectivity index (χ2n) is 7.07. The van der Waals surface area contributed by atoms with Crippen molar-refractivity contribution in [3.8, 4) is 5.75 Å². The summed E-state index contributed by atoms with van der Waals surface area (Å²) >= 11 is 0. The Kier molecular flexibility index (Phi) is 6.73. The molecule has 2 aromatic carbocycles. The van der Waals surface area contributed by atoms with Gasteiger partial charge in [-0.15, -0.1) is 0 Å². The lowest BCUT2D eigenvalue weighted by atomic mass is 10.2. The monoisotopic (exact) mass is 431 g/mol. The fraction of sp³-hybridized carbons (Fsp3) is 0.333. The van der Waals surface area contributed by atoms with Crippen molar-refractivity contribution in [2.75, 3.05) is 25.5 Å². The molecule has 0 aliphatic carbocycles. The molecule has 0 spiro atoms. The first-order valence-electron chi connectivity index (χ1n) is 9.64. The van der Waals surface area contributed by atoms with Crippen molar-refractivity contribution < 1.29 is 22.7 Å². The Hall–Kier alpha value is -2.91. The summed E-state index contributed by atoms with van der Waals surface area (Å²) in [6.07, 6.45) is 1.06. The Morgan fingerprint density at radius 2 is 1.90 bits per heavy atom. The zero-order chi connectivity index (χ0) is 21.7. The lowest BCUT2D eigenvalue weighted by Gasteiger charge is -2.23. The average molecular weight is 432 g/mol. The summed E-state index contributed by atoms with van der Waals surface area (Å²) in [5.41, 5.74) is 1.43. The number of nitrogens with zero attached hydrogens (tertiary/aromatic N) is 1. The summed E-state index contributed by atoms with van der Waals surface area (Å²) in [7, 11) is -2.25. The number of aryl methyl sites for hydroxylation is 1. The summed E-state index contributed by atoms with van der Waals surface area (Å²) in [5, 5.41) is 5.22. The highest BCUT2D eigenvalue weighted by Crippen LogP contribution is 2.27. The number of sulfonamides is 1. The molecule has 0 aromatic heterocycles. The zero-order valence-corrected chi connectivity index (χ0v) is 17.7. The van der Waals surface area contributed by atoms with Gasteiger partial charge in [-0.2, -0.15) is 4.31 Å². The molecule has 2 amide bonds. The molecule has 160 valence electrons. The average Bonchev–Trinajstić information content (AvgIpc) is 3.24. The van der Waals surface area contributed by atoms with E-state index >= 15 is 0 Å². The minimum absolute atomic E-state index is 0.140. The maximum absolute atomic E-state index is 13.0. The van der Waals surface area contributed by atoms with Gasteiger partial charge in [0, 0.05) is 25.3 Å². The molecule has 1 aliphatic heterocycles. The van der Waals surface area contributed by atoms with Crippen molar-refractivity contribution in [3.05, 3.63) is 54.1 Å². The molecule has 0 radical (unpaired) electrons. The molecule has 3 rings (SSSR count). The number of hydrogen-bond donors (Lipinski definition) is 2. The number of likely N-dealkylation sites (N-methyl/N-ethyl adjacent to an activating group) is 1. The van der Waals surface area contributed by atoms with Crippen LogP contribution < -0.4 is 15.4 Å². The van der Waals surface area contributed by atoms with Crippen LogP contribution in [0.3, 0.4) is 0 Å². The van der Waals surface area contributed by atoms with Crippen molar-refractivity contribution in [1.82, 2.24) is 9.62 Å². The Balaban J connectivity index is 1.72. The van der Waals surface area contributed by atoms with E-state index in [1.807, 2.05) is 6.92 Å². The number of carbonyl (C=O) groups excluding carboxylic acids is 2. The van der Waals surface area contributed by atoms with Crippen LogP contribution in [0, 0.1) is 6.92 Å². The molecule has 8 nitrogen and oxygen atoms in total. The Bertz CT molecular complexity index is 1020. The van der Waals surface area contributed by atoms with Crippen molar-refractivity contribution in [1.29, 1.82) is 0 Å². The molecule has 1 saturated heterocycles. The van der Waals surface area contributed by atoms with Gasteiger partial charge in [-0.25, -0.2) is 8.42 Å². The molecule has 2 N–H and O–H groups in total. The number of hydrogen-bond acceptors (Lipinski definition) is 5. The normalized spacial score (nSPS) is 16.8. The molecule has 1 aliphatic rings. The van der Waals surface area contributed by atoms with E-state index in [9.17, 15) is 18.0 Å². The first-order chi connectivity index (χ1) is 14.3. The highest BCUT2D eigenvalue weighted by atomic mass is 32.2. The molecule has 0 bridgehead atoms. The Morgan fingerprint density at radius 3 is 2.60 bits per heavy atom. The van der Waals surface area contributed by atoms with Crippen LogP contribution in [0.15, 0.2) is 53.4 Å². The second-order valence-corrected chi connectivity index (χ2v) is 8.96. The number of ether oxygens (including phenoxy) is 1. The zero-order valence-electron chi connectivity index (χ0n) is 16.9. The maximum Gasteiger partial charge on any atom is 0.257 e. The summed E-state index contributed by atoms with van der Waals surface area (Å²) < 4.78 is 32.7. The van der Waals surface area contributed by atoms with Gasteiger partial charge in [-0.3, -0.25) is 9.59 Å². The van der Waals surface area contributed by atoms with Crippen LogP contribution >= 0.6 is 0 Å². The molecule has 30 heavy (non-hydrogen) atoms. The van der Waals surface area contributed by atoms with Crippen LogP contribution in [0.5, 0.6) is 5.75 Å². The van der Waals surface area contributed by atoms with Gasteiger partial charge in [0.1, 0.15) is 11.8 Å². The van der Waals surface area contributed by atoms with Gasteiger partial charge in [0.25, 0.3) is 5.91 Å². The summed E-state index contributed by atoms with van der Waals surface area (Å²) in [4.78, 5) is 24.4. The van der Waals surface area contributed by atoms with Crippen LogP contribution in [-0.2, 0) is 19.6 Å². The second kappa shape index (κ2) is 9.27. The molecule has 2 aromatic rings. The quantitative estimate of drug-likeness (QED) is 0.697. The fourth-order valence-electron chi connectivity index (χ4n) is 3.25. The molecule has 1 atom stereocenters. The molecular weight excluding hydrogens is 406 g/mol. The Morgan fingerprint density at radius 1 is 1.17 bits per heavy atom. The van der Waals surface area contributed by atoms with E-state index in [2.05, 4.69) is 10.6 Å². The van der Waals surface area contributed by atoms with E-state index < -0.39 is 22.0 Å². The number of carbonyl (C=O) groups is 2. The van der Waals surface area contributed by atoms with Crippen LogP contribution in [0.25, 0.3) is 0 Å². The van der Waals surface area contributed by atoms with Gasteiger partial charge >= 0.3 is 0 Å². The molecule has 9 heteroatoms. The third kappa shape index (κ3) is 4.98. The number of rotatable bonds is 7. The molecule has 0 saturated carbocycles. The lowest BCUT2D eigenvalue weighted by Crippen LogP contribution is -2.43. The van der Waals surface area contributed by atoms with E-state index in [4.69, 9.17) is 4.74 Å². The van der Waals surface area contributed by atoms with Crippen molar-refractivity contribution in [3.63, 3.8) is 0 Å². The smallest absolute Gasteiger partial charge is 0.257 e. The van der Waals surface area contributed by atoms with Crippen molar-refractivity contribution in [2.24, 2.45) is 0 Å². The third-order valence-corrected chi connectivity index (χ3v) is 6.81. The largest absolute Gasteiger partial charge is 0.484 e. The fourth-order valence-corrected chi connectivity index (χ4v) is 4.90. The van der Waals surface area contributed by atoms with Crippen LogP contribution in [0.4, 0.5) is 5.69 Å². The number of amides is 2. The third-order valence-electron chi connectivity index (χ3n) is 4.88. The molecule has 1 heterocycles. The van der Waals surface area contributed by atoms with Crippen molar-refractivity contribution >= 4 is 27.5 Å². The summed E-state index contributed by atoms with van der Waals surface area (Å²) in [5.74, 6) is -0.244. The molecule has 0 unspecified atom stereocenters. The highest BCUT2D eigenvalue weighted by molar-refractivity contribution is 7.89. The van der Waals surface area contributed by atoms with E-state index in [0.29, 0.717) is 30.8 Å². The first kappa shape index (κ1) is 21.8. The van der Waals surface area contributed by atoms with Gasteiger partial charge < -0.3 is 15.4 Å². The number of anilines is 1. The summed E-state index contributed by atoms with van der Waals surface area (Å²) in [6, 6.07) is 12.4. The Labute approximate surface area is 176 Å². The van der Waals surface area contributed by atoms with Crippen LogP contribution in [0.2, 0.25) is 0 Å². The number of benzene rings is 2. The topological polar surface area (TPSA) is 105 Å². The molecular formula is C21H25N3O5S. The predicted octanol–water partition coefficient (Wildman–Crippen LogP) is 1.91. The highest BCUT2D eigenvalue weighted by Gasteiger charge is 2.39. The predicted molar refractivity (Wildman–Crippen MR) is 113 cm³/mol. The van der Waals surface area contributed by atoms with Gasteiger partial charge in [-0.05, 0) is 44.0 Å². The van der Waals surface area contributed by atoms with Gasteiger partial charge in [0.15, 0.2) is 6.61 Å². The van der Waals surface area contributed by atoms with Gasteiger partial charge in [0.2, 0.25) is 15.9 Å². The first-order valence-corrected chi connectivity index (χ1v) is 11.1. The van der Waals surface area contributed by atoms with E-state index in [0.717, 1.165) is 5.56 Å². The SMILES string of the molecule is CNC(=O)COc1cccc(NC(=O)[C@@H]2CCCN2S(=O)(=O)c2ccc(C)cc2)c1. The minimum atomic E-state index is -3.77. The van der Waals surface area contributed by atoms with E-state index in [-0.39, 0.29) is 17.4 Å².